The Hall–Kier alpha value is -6.64. The Labute approximate surface area is 292 Å². The minimum absolute atomic E-state index is 1.11. The van der Waals surface area contributed by atoms with E-state index in [4.69, 9.17) is 0 Å². The smallest absolute Gasteiger partial charge is 0.0541 e. The predicted molar refractivity (Wildman–Crippen MR) is 212 cm³/mol. The zero-order valence-electron chi connectivity index (χ0n) is 27.5. The molecule has 0 N–H and O–H groups in total. The Morgan fingerprint density at radius 1 is 0.320 bits per heavy atom. The second-order valence-electron chi connectivity index (χ2n) is 12.6. The highest BCUT2D eigenvalue weighted by Crippen LogP contribution is 2.44. The van der Waals surface area contributed by atoms with Crippen molar-refractivity contribution in [2.75, 3.05) is 4.90 Å². The van der Waals surface area contributed by atoms with E-state index in [2.05, 4.69) is 216 Å². The van der Waals surface area contributed by atoms with Gasteiger partial charge in [0.2, 0.25) is 0 Å². The van der Waals surface area contributed by atoms with Crippen molar-refractivity contribution in [3.05, 3.63) is 206 Å². The Bertz CT molecular complexity index is 2570. The van der Waals surface area contributed by atoms with Gasteiger partial charge < -0.3 is 9.47 Å². The topological polar surface area (TPSA) is 8.17 Å². The van der Waals surface area contributed by atoms with Crippen LogP contribution in [0.3, 0.4) is 0 Å². The van der Waals surface area contributed by atoms with Crippen molar-refractivity contribution in [3.63, 3.8) is 0 Å². The number of rotatable bonds is 7. The van der Waals surface area contributed by atoms with E-state index in [-0.39, 0.29) is 0 Å². The van der Waals surface area contributed by atoms with Crippen LogP contribution in [-0.2, 0) is 0 Å². The highest BCUT2D eigenvalue weighted by atomic mass is 15.1. The number of benzene rings is 8. The zero-order chi connectivity index (χ0) is 33.3. The lowest BCUT2D eigenvalue weighted by molar-refractivity contribution is 1.18. The molecule has 2 heteroatoms. The average Bonchev–Trinajstić information content (AvgIpc) is 3.53. The molecule has 0 fully saturated rings. The Balaban J connectivity index is 1.20. The molecule has 0 atom stereocenters. The van der Waals surface area contributed by atoms with Gasteiger partial charge in [-0.05, 0) is 88.5 Å². The van der Waals surface area contributed by atoms with Crippen LogP contribution >= 0.6 is 0 Å². The number of fused-ring (bicyclic) bond motifs is 3. The SMILES string of the molecule is c1ccc(-c2ccc(N(c3ccccc3)c3ccccc3-c3ccccc3-c3ccc4c(c3)c3ccccc3n4-c3ccccc3)cc2)cc1. The standard InChI is InChI=1S/C48H34N2/c1-4-16-35(17-5-1)36-28-31-40(32-29-36)49(38-18-6-2-7-19-38)46-26-14-12-24-43(46)42-23-11-10-22-41(42)37-30-33-48-45(34-37)44-25-13-15-27-47(44)50(48)39-20-8-3-9-21-39/h1-34H. The molecule has 0 saturated carbocycles. The first kappa shape index (κ1) is 29.5. The van der Waals surface area contributed by atoms with Gasteiger partial charge in [-0.15, -0.1) is 0 Å². The third-order valence-electron chi connectivity index (χ3n) is 9.61. The van der Waals surface area contributed by atoms with Crippen LogP contribution in [0.1, 0.15) is 0 Å². The van der Waals surface area contributed by atoms with Crippen LogP contribution in [0.4, 0.5) is 17.1 Å². The Morgan fingerprint density at radius 3 is 1.60 bits per heavy atom. The first-order chi connectivity index (χ1) is 24.8. The number of nitrogens with zero attached hydrogens (tertiary/aromatic N) is 2. The van der Waals surface area contributed by atoms with Crippen LogP contribution in [0.15, 0.2) is 206 Å². The van der Waals surface area contributed by atoms with Gasteiger partial charge in [0, 0.05) is 33.4 Å². The van der Waals surface area contributed by atoms with Gasteiger partial charge in [0.1, 0.15) is 0 Å². The predicted octanol–water partition coefficient (Wildman–Crippen LogP) is 13.3. The molecule has 0 radical (unpaired) electrons. The van der Waals surface area contributed by atoms with Crippen LogP contribution < -0.4 is 4.90 Å². The summed E-state index contributed by atoms with van der Waals surface area (Å²) in [5.74, 6) is 0. The second-order valence-corrected chi connectivity index (χ2v) is 12.6. The van der Waals surface area contributed by atoms with Gasteiger partial charge in [-0.3, -0.25) is 0 Å². The molecule has 236 valence electrons. The molecule has 50 heavy (non-hydrogen) atoms. The van der Waals surface area contributed by atoms with Gasteiger partial charge in [0.25, 0.3) is 0 Å². The summed E-state index contributed by atoms with van der Waals surface area (Å²) in [5.41, 5.74) is 14.1. The summed E-state index contributed by atoms with van der Waals surface area (Å²) in [6.45, 7) is 0. The minimum Gasteiger partial charge on any atom is -0.310 e. The maximum atomic E-state index is 2.37. The third-order valence-corrected chi connectivity index (χ3v) is 9.61. The zero-order valence-corrected chi connectivity index (χ0v) is 27.5. The van der Waals surface area contributed by atoms with Crippen LogP contribution in [-0.4, -0.2) is 4.57 Å². The van der Waals surface area contributed by atoms with Crippen molar-refractivity contribution in [2.45, 2.75) is 0 Å². The summed E-state index contributed by atoms with van der Waals surface area (Å²) in [7, 11) is 0. The number of hydrogen-bond acceptors (Lipinski definition) is 1. The lowest BCUT2D eigenvalue weighted by Crippen LogP contribution is -2.11. The normalized spacial score (nSPS) is 11.2. The van der Waals surface area contributed by atoms with Crippen molar-refractivity contribution in [2.24, 2.45) is 0 Å². The van der Waals surface area contributed by atoms with E-state index in [9.17, 15) is 0 Å². The fourth-order valence-electron chi connectivity index (χ4n) is 7.30. The van der Waals surface area contributed by atoms with Crippen LogP contribution in [0.25, 0.3) is 60.9 Å². The summed E-state index contributed by atoms with van der Waals surface area (Å²) in [6.07, 6.45) is 0. The summed E-state index contributed by atoms with van der Waals surface area (Å²) < 4.78 is 2.37. The molecule has 0 unspecified atom stereocenters. The Kier molecular flexibility index (Phi) is 7.53. The molecule has 0 aliphatic rings. The maximum Gasteiger partial charge on any atom is 0.0541 e. The first-order valence-electron chi connectivity index (χ1n) is 17.1. The fraction of sp³-hybridized carbons (Fsp3) is 0. The average molecular weight is 639 g/mol. The monoisotopic (exact) mass is 638 g/mol. The summed E-state index contributed by atoms with van der Waals surface area (Å²) >= 11 is 0. The number of aromatic nitrogens is 1. The summed E-state index contributed by atoms with van der Waals surface area (Å²) in [4.78, 5) is 2.37. The molecule has 0 amide bonds. The van der Waals surface area contributed by atoms with Gasteiger partial charge in [-0.25, -0.2) is 0 Å². The van der Waals surface area contributed by atoms with Gasteiger partial charge >= 0.3 is 0 Å². The van der Waals surface area contributed by atoms with E-state index in [1.54, 1.807) is 0 Å². The van der Waals surface area contributed by atoms with E-state index in [0.717, 1.165) is 17.1 Å². The molecule has 8 aromatic carbocycles. The molecule has 1 aromatic heterocycles. The molecule has 0 bridgehead atoms. The lowest BCUT2D eigenvalue weighted by atomic mass is 9.92. The molecule has 0 aliphatic carbocycles. The van der Waals surface area contributed by atoms with E-state index in [0.29, 0.717) is 0 Å². The van der Waals surface area contributed by atoms with Gasteiger partial charge in [0.15, 0.2) is 0 Å². The number of anilines is 3. The summed E-state index contributed by atoms with van der Waals surface area (Å²) in [6, 6.07) is 74.0. The molecular weight excluding hydrogens is 605 g/mol. The number of hydrogen-bond donors (Lipinski definition) is 0. The van der Waals surface area contributed by atoms with E-state index in [1.165, 1.54) is 60.9 Å². The van der Waals surface area contributed by atoms with Crippen LogP contribution in [0, 0.1) is 0 Å². The molecule has 2 nitrogen and oxygen atoms in total. The molecule has 0 saturated heterocycles. The molecule has 0 aliphatic heterocycles. The van der Waals surface area contributed by atoms with Gasteiger partial charge in [0.05, 0.1) is 16.7 Å². The van der Waals surface area contributed by atoms with E-state index >= 15 is 0 Å². The third kappa shape index (κ3) is 5.24. The van der Waals surface area contributed by atoms with Crippen molar-refractivity contribution in [3.8, 4) is 39.1 Å². The van der Waals surface area contributed by atoms with E-state index < -0.39 is 0 Å². The van der Waals surface area contributed by atoms with Crippen molar-refractivity contribution >= 4 is 38.9 Å². The highest BCUT2D eigenvalue weighted by Gasteiger charge is 2.20. The number of para-hydroxylation sites is 4. The highest BCUT2D eigenvalue weighted by molar-refractivity contribution is 6.11. The first-order valence-corrected chi connectivity index (χ1v) is 17.1. The van der Waals surface area contributed by atoms with Crippen molar-refractivity contribution < 1.29 is 0 Å². The lowest BCUT2D eigenvalue weighted by Gasteiger charge is -2.28. The fourth-order valence-corrected chi connectivity index (χ4v) is 7.30. The van der Waals surface area contributed by atoms with E-state index in [1.807, 2.05) is 0 Å². The molecule has 1 heterocycles. The summed E-state index contributed by atoms with van der Waals surface area (Å²) in [5, 5.41) is 2.50. The van der Waals surface area contributed by atoms with Crippen LogP contribution in [0.5, 0.6) is 0 Å². The molecular formula is C48H34N2. The quantitative estimate of drug-likeness (QED) is 0.169. The molecule has 9 aromatic rings. The van der Waals surface area contributed by atoms with Gasteiger partial charge in [-0.2, -0.15) is 0 Å². The van der Waals surface area contributed by atoms with Crippen molar-refractivity contribution in [1.82, 2.24) is 4.57 Å². The minimum atomic E-state index is 1.11. The maximum absolute atomic E-state index is 2.37. The molecule has 0 spiro atoms. The largest absolute Gasteiger partial charge is 0.310 e. The van der Waals surface area contributed by atoms with Gasteiger partial charge in [-0.1, -0.05) is 146 Å². The van der Waals surface area contributed by atoms with Crippen LogP contribution in [0.2, 0.25) is 0 Å². The van der Waals surface area contributed by atoms with Crippen molar-refractivity contribution in [1.29, 1.82) is 0 Å². The molecule has 9 rings (SSSR count). The Morgan fingerprint density at radius 2 is 0.840 bits per heavy atom. The second kappa shape index (κ2) is 12.8.